The van der Waals surface area contributed by atoms with Gasteiger partial charge in [-0.1, -0.05) is 25.0 Å². The van der Waals surface area contributed by atoms with Gasteiger partial charge in [-0.05, 0) is 36.6 Å². The lowest BCUT2D eigenvalue weighted by atomic mass is 10.2. The van der Waals surface area contributed by atoms with Crippen molar-refractivity contribution < 1.29 is 0 Å². The zero-order valence-electron chi connectivity index (χ0n) is 18.7. The van der Waals surface area contributed by atoms with Gasteiger partial charge in [0.25, 0.3) is 0 Å². The molecule has 2 aliphatic rings. The summed E-state index contributed by atoms with van der Waals surface area (Å²) >= 11 is 0. The van der Waals surface area contributed by atoms with Crippen LogP contribution in [-0.2, 0) is 6.54 Å². The van der Waals surface area contributed by atoms with Crippen molar-refractivity contribution in [1.82, 2.24) is 34.6 Å². The smallest absolute Gasteiger partial charge is 0.229 e. The van der Waals surface area contributed by atoms with E-state index in [1.54, 1.807) is 6.20 Å². The van der Waals surface area contributed by atoms with Gasteiger partial charge in [-0.3, -0.25) is 0 Å². The number of imidazole rings is 1. The second-order valence-corrected chi connectivity index (χ2v) is 8.84. The zero-order chi connectivity index (χ0) is 22.0. The molecule has 9 heteroatoms. The largest absolute Gasteiger partial charge is 0.364 e. The highest BCUT2D eigenvalue weighted by atomic mass is 15.3. The van der Waals surface area contributed by atoms with E-state index in [0.29, 0.717) is 12.6 Å². The number of hydrogen-bond donors (Lipinski definition) is 2. The Morgan fingerprint density at radius 1 is 1.03 bits per heavy atom. The number of nitrogens with zero attached hydrogens (tertiary/aromatic N) is 7. The Hall–Kier alpha value is -3.46. The third-order valence-corrected chi connectivity index (χ3v) is 6.69. The van der Waals surface area contributed by atoms with Crippen molar-refractivity contribution in [3.63, 3.8) is 0 Å². The van der Waals surface area contributed by atoms with E-state index in [4.69, 9.17) is 15.0 Å². The van der Waals surface area contributed by atoms with Gasteiger partial charge in [0.05, 0.1) is 12.0 Å². The second-order valence-electron chi connectivity index (χ2n) is 8.84. The number of nitrogens with one attached hydrogen (secondary N) is 2. The highest BCUT2D eigenvalue weighted by Gasteiger charge is 2.23. The summed E-state index contributed by atoms with van der Waals surface area (Å²) in [5, 5.41) is 11.3. The van der Waals surface area contributed by atoms with Gasteiger partial charge in [-0.25, -0.2) is 9.67 Å². The lowest BCUT2D eigenvalue weighted by Gasteiger charge is -2.27. The molecular weight excluding hydrogens is 414 g/mol. The van der Waals surface area contributed by atoms with Crippen LogP contribution in [0.4, 0.5) is 11.8 Å². The van der Waals surface area contributed by atoms with Crippen molar-refractivity contribution in [1.29, 1.82) is 0 Å². The predicted molar refractivity (Wildman–Crippen MR) is 129 cm³/mol. The SMILES string of the molecule is c1cnn(-c2ccc(CNc3nc(N4CCNCC4)nc4c3ncn4C3CCCC3)cc2)c1. The van der Waals surface area contributed by atoms with Crippen LogP contribution in [0.3, 0.4) is 0 Å². The molecule has 0 radical (unpaired) electrons. The number of fused-ring (bicyclic) bond motifs is 1. The Kier molecular flexibility index (Phi) is 5.39. The third-order valence-electron chi connectivity index (χ3n) is 6.69. The van der Waals surface area contributed by atoms with Gasteiger partial charge in [0.2, 0.25) is 5.95 Å². The summed E-state index contributed by atoms with van der Waals surface area (Å²) in [4.78, 5) is 16.9. The average molecular weight is 444 g/mol. The number of benzene rings is 1. The van der Waals surface area contributed by atoms with Crippen molar-refractivity contribution >= 4 is 22.9 Å². The van der Waals surface area contributed by atoms with Crippen molar-refractivity contribution in [2.24, 2.45) is 0 Å². The maximum absolute atomic E-state index is 5.00. The Morgan fingerprint density at radius 3 is 2.61 bits per heavy atom. The van der Waals surface area contributed by atoms with Crippen molar-refractivity contribution in [2.45, 2.75) is 38.3 Å². The van der Waals surface area contributed by atoms with Crippen LogP contribution in [0.25, 0.3) is 16.9 Å². The van der Waals surface area contributed by atoms with Crippen LogP contribution in [-0.4, -0.2) is 55.5 Å². The minimum Gasteiger partial charge on any atom is -0.364 e. The van der Waals surface area contributed by atoms with Crippen LogP contribution in [0.15, 0.2) is 49.1 Å². The van der Waals surface area contributed by atoms with Crippen LogP contribution >= 0.6 is 0 Å². The van der Waals surface area contributed by atoms with Gasteiger partial charge in [-0.15, -0.1) is 0 Å². The van der Waals surface area contributed by atoms with Gasteiger partial charge in [0.15, 0.2) is 17.0 Å². The fourth-order valence-corrected chi connectivity index (χ4v) is 4.86. The number of piperazine rings is 1. The Labute approximate surface area is 192 Å². The van der Waals surface area contributed by atoms with Crippen molar-refractivity contribution in [3.8, 4) is 5.69 Å². The molecule has 33 heavy (non-hydrogen) atoms. The van der Waals surface area contributed by atoms with Gasteiger partial charge in [0, 0.05) is 51.2 Å². The Morgan fingerprint density at radius 2 is 1.85 bits per heavy atom. The second kappa shape index (κ2) is 8.82. The standard InChI is InChI=1S/C24H29N9/c1-2-5-19(4-1)32-17-27-21-22(29-24(30-23(21)32)31-14-11-25-12-15-31)26-16-18-6-8-20(9-7-18)33-13-3-10-28-33/h3,6-10,13,17,19,25H,1-2,4-5,11-12,14-16H2,(H,26,29,30). The molecule has 1 aliphatic carbocycles. The molecule has 3 aromatic heterocycles. The monoisotopic (exact) mass is 443 g/mol. The first-order valence-corrected chi connectivity index (χ1v) is 11.9. The van der Waals surface area contributed by atoms with E-state index in [-0.39, 0.29) is 0 Å². The van der Waals surface area contributed by atoms with E-state index in [2.05, 4.69) is 49.5 Å². The summed E-state index contributed by atoms with van der Waals surface area (Å²) in [7, 11) is 0. The van der Waals surface area contributed by atoms with Crippen LogP contribution in [0.2, 0.25) is 0 Å². The number of aromatic nitrogens is 6. The van der Waals surface area contributed by atoms with Crippen LogP contribution in [0.5, 0.6) is 0 Å². The quantitative estimate of drug-likeness (QED) is 0.473. The minimum atomic E-state index is 0.489. The number of hydrogen-bond acceptors (Lipinski definition) is 7. The van der Waals surface area contributed by atoms with Gasteiger partial charge in [-0.2, -0.15) is 15.1 Å². The van der Waals surface area contributed by atoms with E-state index in [9.17, 15) is 0 Å². The average Bonchev–Trinajstić information content (AvgIpc) is 3.65. The summed E-state index contributed by atoms with van der Waals surface area (Å²) in [5.74, 6) is 1.60. The molecule has 4 heterocycles. The first kappa shape index (κ1) is 20.2. The molecule has 0 amide bonds. The molecule has 1 saturated carbocycles. The van der Waals surface area contributed by atoms with E-state index >= 15 is 0 Å². The summed E-state index contributed by atoms with van der Waals surface area (Å²) in [6.45, 7) is 4.40. The molecule has 0 spiro atoms. The minimum absolute atomic E-state index is 0.489. The zero-order valence-corrected chi connectivity index (χ0v) is 18.7. The molecular formula is C24H29N9. The van der Waals surface area contributed by atoms with Crippen LogP contribution in [0.1, 0.15) is 37.3 Å². The van der Waals surface area contributed by atoms with E-state index < -0.39 is 0 Å². The van der Waals surface area contributed by atoms with E-state index in [1.165, 1.54) is 31.2 Å². The number of anilines is 2. The molecule has 2 N–H and O–H groups in total. The van der Waals surface area contributed by atoms with Crippen molar-refractivity contribution in [2.75, 3.05) is 36.4 Å². The Balaban J connectivity index is 1.29. The molecule has 0 unspecified atom stereocenters. The molecule has 1 aromatic carbocycles. The molecule has 1 saturated heterocycles. The molecule has 0 bridgehead atoms. The molecule has 4 aromatic rings. The van der Waals surface area contributed by atoms with Gasteiger partial charge >= 0.3 is 0 Å². The molecule has 9 nitrogen and oxygen atoms in total. The summed E-state index contributed by atoms with van der Waals surface area (Å²) in [6.07, 6.45) is 10.6. The van der Waals surface area contributed by atoms with Crippen LogP contribution < -0.4 is 15.5 Å². The fraction of sp³-hybridized carbons (Fsp3) is 0.417. The Bertz CT molecular complexity index is 1200. The van der Waals surface area contributed by atoms with Gasteiger partial charge < -0.3 is 20.1 Å². The molecule has 6 rings (SSSR count). The molecule has 170 valence electrons. The summed E-state index contributed by atoms with van der Waals surface area (Å²) < 4.78 is 4.14. The first-order valence-electron chi connectivity index (χ1n) is 11.9. The predicted octanol–water partition coefficient (Wildman–Crippen LogP) is 3.15. The third kappa shape index (κ3) is 4.04. The van der Waals surface area contributed by atoms with Gasteiger partial charge in [0.1, 0.15) is 0 Å². The highest BCUT2D eigenvalue weighted by Crippen LogP contribution is 2.33. The fourth-order valence-electron chi connectivity index (χ4n) is 4.86. The summed E-state index contributed by atoms with van der Waals surface area (Å²) in [6, 6.07) is 10.8. The molecule has 0 atom stereocenters. The maximum Gasteiger partial charge on any atom is 0.229 e. The number of rotatable bonds is 6. The lowest BCUT2D eigenvalue weighted by Crippen LogP contribution is -2.44. The van der Waals surface area contributed by atoms with Crippen LogP contribution in [0, 0.1) is 0 Å². The van der Waals surface area contributed by atoms with E-state index in [0.717, 1.165) is 54.8 Å². The van der Waals surface area contributed by atoms with E-state index in [1.807, 2.05) is 23.3 Å². The topological polar surface area (TPSA) is 88.7 Å². The maximum atomic E-state index is 5.00. The molecule has 1 aliphatic heterocycles. The lowest BCUT2D eigenvalue weighted by molar-refractivity contribution is 0.528. The highest BCUT2D eigenvalue weighted by molar-refractivity contribution is 5.84. The summed E-state index contributed by atoms with van der Waals surface area (Å²) in [5.41, 5.74) is 4.03. The van der Waals surface area contributed by atoms with Crippen molar-refractivity contribution in [3.05, 3.63) is 54.6 Å². The normalized spacial score (nSPS) is 17.2. The first-order chi connectivity index (χ1) is 16.3. The molecule has 2 fully saturated rings.